The maximum absolute atomic E-state index is 12.9. The normalized spacial score (nSPS) is 19.1. The van der Waals surface area contributed by atoms with Crippen molar-refractivity contribution in [3.8, 4) is 0 Å². The summed E-state index contributed by atoms with van der Waals surface area (Å²) >= 11 is 0. The second kappa shape index (κ2) is 5.63. The molecule has 1 amide bonds. The Hall–Kier alpha value is -2.24. The van der Waals surface area contributed by atoms with Crippen LogP contribution < -0.4 is 4.90 Å². The number of carbonyl (C=O) groups is 1. The Morgan fingerprint density at radius 3 is 3.00 bits per heavy atom. The van der Waals surface area contributed by atoms with Gasteiger partial charge in [-0.2, -0.15) is 5.21 Å². The van der Waals surface area contributed by atoms with Crippen molar-refractivity contribution < 1.29 is 4.79 Å². The van der Waals surface area contributed by atoms with Crippen LogP contribution in [0, 0.1) is 5.92 Å². The molecule has 1 N–H and O–H groups in total. The lowest BCUT2D eigenvalue weighted by atomic mass is 9.92. The van der Waals surface area contributed by atoms with Crippen molar-refractivity contribution >= 4 is 11.6 Å². The third-order valence-electron chi connectivity index (χ3n) is 3.99. The summed E-state index contributed by atoms with van der Waals surface area (Å²) in [7, 11) is 0. The monoisotopic (exact) mass is 285 g/mol. The zero-order chi connectivity index (χ0) is 14.8. The van der Waals surface area contributed by atoms with Gasteiger partial charge in [0.05, 0.1) is 0 Å². The van der Waals surface area contributed by atoms with Crippen LogP contribution in [0.3, 0.4) is 0 Å². The minimum Gasteiger partial charge on any atom is -0.311 e. The maximum atomic E-state index is 12.9. The van der Waals surface area contributed by atoms with E-state index in [-0.39, 0.29) is 11.8 Å². The molecule has 6 heteroatoms. The smallest absolute Gasteiger partial charge is 0.237 e. The number of tetrazole rings is 1. The first-order chi connectivity index (χ1) is 10.2. The Bertz CT molecular complexity index is 625. The second-order valence-electron chi connectivity index (χ2n) is 5.62. The summed E-state index contributed by atoms with van der Waals surface area (Å²) in [6.07, 6.45) is 1.67. The molecule has 3 rings (SSSR count). The zero-order valence-corrected chi connectivity index (χ0v) is 12.3. The van der Waals surface area contributed by atoms with Crippen LogP contribution in [-0.2, 0) is 11.2 Å². The summed E-state index contributed by atoms with van der Waals surface area (Å²) in [5.41, 5.74) is 2.25. The molecule has 2 heterocycles. The first-order valence-corrected chi connectivity index (χ1v) is 7.33. The Morgan fingerprint density at radius 2 is 2.29 bits per heavy atom. The average Bonchev–Trinajstić information content (AvgIpc) is 3.01. The number of H-pyrrole nitrogens is 1. The lowest BCUT2D eigenvalue weighted by molar-refractivity contribution is -0.120. The van der Waals surface area contributed by atoms with E-state index < -0.39 is 0 Å². The fourth-order valence-electron chi connectivity index (χ4n) is 2.98. The number of hydrogen-bond acceptors (Lipinski definition) is 4. The van der Waals surface area contributed by atoms with Gasteiger partial charge in [-0.3, -0.25) is 4.79 Å². The van der Waals surface area contributed by atoms with Gasteiger partial charge >= 0.3 is 0 Å². The van der Waals surface area contributed by atoms with E-state index in [1.54, 1.807) is 0 Å². The molecule has 2 unspecified atom stereocenters. The summed E-state index contributed by atoms with van der Waals surface area (Å²) in [5, 5.41) is 14.0. The predicted molar refractivity (Wildman–Crippen MR) is 78.9 cm³/mol. The Labute approximate surface area is 123 Å². The number of hydrogen-bond donors (Lipinski definition) is 1. The zero-order valence-electron chi connectivity index (χ0n) is 12.3. The fraction of sp³-hybridized carbons (Fsp3) is 0.467. The number of rotatable bonds is 3. The summed E-state index contributed by atoms with van der Waals surface area (Å²) in [6.45, 7) is 4.88. The van der Waals surface area contributed by atoms with Crippen LogP contribution in [0.25, 0.3) is 0 Å². The van der Waals surface area contributed by atoms with Gasteiger partial charge < -0.3 is 4.90 Å². The van der Waals surface area contributed by atoms with E-state index in [9.17, 15) is 4.79 Å². The molecule has 0 fully saturated rings. The van der Waals surface area contributed by atoms with E-state index in [1.165, 1.54) is 5.56 Å². The number of nitrogens with one attached hydrogen (secondary N) is 1. The molecule has 0 saturated heterocycles. The van der Waals surface area contributed by atoms with E-state index in [1.807, 2.05) is 30.0 Å². The van der Waals surface area contributed by atoms with Crippen LogP contribution in [0.4, 0.5) is 5.69 Å². The lowest BCUT2D eigenvalue weighted by Gasteiger charge is -2.34. The van der Waals surface area contributed by atoms with Crippen molar-refractivity contribution in [3.05, 3.63) is 35.7 Å². The molecule has 1 aliphatic heterocycles. The minimum absolute atomic E-state index is 0.0536. The Morgan fingerprint density at radius 1 is 1.48 bits per heavy atom. The van der Waals surface area contributed by atoms with Crippen molar-refractivity contribution in [1.29, 1.82) is 0 Å². The predicted octanol–water partition coefficient (Wildman–Crippen LogP) is 1.92. The number of para-hydroxylation sites is 1. The first kappa shape index (κ1) is 13.7. The topological polar surface area (TPSA) is 74.8 Å². The summed E-state index contributed by atoms with van der Waals surface area (Å²) < 4.78 is 0. The number of amides is 1. The van der Waals surface area contributed by atoms with Crippen LogP contribution in [0.15, 0.2) is 24.3 Å². The van der Waals surface area contributed by atoms with E-state index in [2.05, 4.69) is 33.6 Å². The van der Waals surface area contributed by atoms with Gasteiger partial charge in [0.2, 0.25) is 5.91 Å². The van der Waals surface area contributed by atoms with Gasteiger partial charge in [0, 0.05) is 12.2 Å². The first-order valence-electron chi connectivity index (χ1n) is 7.33. The van der Waals surface area contributed by atoms with Crippen molar-refractivity contribution in [1.82, 2.24) is 20.6 Å². The Kier molecular flexibility index (Phi) is 3.68. The van der Waals surface area contributed by atoms with Crippen LogP contribution >= 0.6 is 0 Å². The summed E-state index contributed by atoms with van der Waals surface area (Å²) in [4.78, 5) is 14.8. The molecule has 6 nitrogen and oxygen atoms in total. The largest absolute Gasteiger partial charge is 0.311 e. The van der Waals surface area contributed by atoms with E-state index in [0.717, 1.165) is 18.7 Å². The van der Waals surface area contributed by atoms with Crippen molar-refractivity contribution in [2.24, 2.45) is 5.92 Å². The van der Waals surface area contributed by atoms with Crippen molar-refractivity contribution in [2.75, 3.05) is 11.4 Å². The van der Waals surface area contributed by atoms with Crippen LogP contribution in [-0.4, -0.2) is 33.1 Å². The number of anilines is 1. The van der Waals surface area contributed by atoms with Crippen LogP contribution in [0.1, 0.15) is 37.6 Å². The van der Waals surface area contributed by atoms with E-state index in [4.69, 9.17) is 0 Å². The standard InChI is InChI=1S/C15H19N5O/c1-3-12(14-16-18-19-17-14)15(21)20-9-10(2)8-11-6-4-5-7-13(11)20/h4-7,10,12H,3,8-9H2,1-2H3,(H,16,17,18,19). The molecule has 2 atom stereocenters. The quantitative estimate of drug-likeness (QED) is 0.935. The third-order valence-corrected chi connectivity index (χ3v) is 3.99. The van der Waals surface area contributed by atoms with Gasteiger partial charge in [0.15, 0.2) is 5.82 Å². The highest BCUT2D eigenvalue weighted by atomic mass is 16.2. The molecule has 1 aliphatic rings. The van der Waals surface area contributed by atoms with Gasteiger partial charge in [-0.1, -0.05) is 37.3 Å². The van der Waals surface area contributed by atoms with Gasteiger partial charge in [-0.25, -0.2) is 0 Å². The highest BCUT2D eigenvalue weighted by Gasteiger charge is 2.32. The van der Waals surface area contributed by atoms with Gasteiger partial charge in [0.25, 0.3) is 0 Å². The molecular weight excluding hydrogens is 266 g/mol. The third kappa shape index (κ3) is 2.53. The highest BCUT2D eigenvalue weighted by molar-refractivity contribution is 5.98. The number of aromatic amines is 1. The fourth-order valence-corrected chi connectivity index (χ4v) is 2.98. The van der Waals surface area contributed by atoms with E-state index >= 15 is 0 Å². The molecule has 0 aliphatic carbocycles. The van der Waals surface area contributed by atoms with Crippen LogP contribution in [0.2, 0.25) is 0 Å². The molecular formula is C15H19N5O. The number of aromatic nitrogens is 4. The molecule has 110 valence electrons. The van der Waals surface area contributed by atoms with Crippen molar-refractivity contribution in [3.63, 3.8) is 0 Å². The second-order valence-corrected chi connectivity index (χ2v) is 5.62. The lowest BCUT2D eigenvalue weighted by Crippen LogP contribution is -2.42. The molecule has 0 saturated carbocycles. The number of fused-ring (bicyclic) bond motifs is 1. The number of nitrogens with zero attached hydrogens (tertiary/aromatic N) is 4. The molecule has 0 radical (unpaired) electrons. The minimum atomic E-state index is -0.345. The van der Waals surface area contributed by atoms with Gasteiger partial charge in [0.1, 0.15) is 5.92 Å². The molecule has 21 heavy (non-hydrogen) atoms. The molecule has 0 spiro atoms. The number of benzene rings is 1. The summed E-state index contributed by atoms with van der Waals surface area (Å²) in [6, 6.07) is 8.11. The molecule has 1 aromatic carbocycles. The molecule has 0 bridgehead atoms. The van der Waals surface area contributed by atoms with Crippen LogP contribution in [0.5, 0.6) is 0 Å². The average molecular weight is 285 g/mol. The number of carbonyl (C=O) groups excluding carboxylic acids is 1. The maximum Gasteiger partial charge on any atom is 0.237 e. The van der Waals surface area contributed by atoms with Crippen molar-refractivity contribution in [2.45, 2.75) is 32.6 Å². The molecule has 2 aromatic rings. The van der Waals surface area contributed by atoms with Gasteiger partial charge in [-0.05, 0) is 30.4 Å². The summed E-state index contributed by atoms with van der Waals surface area (Å²) in [5.74, 6) is 0.629. The SMILES string of the molecule is CCC(C(=O)N1CC(C)Cc2ccccc21)c1nn[nH]n1. The Balaban J connectivity index is 1.94. The van der Waals surface area contributed by atoms with Gasteiger partial charge in [-0.15, -0.1) is 10.2 Å². The molecule has 1 aromatic heterocycles. The highest BCUT2D eigenvalue weighted by Crippen LogP contribution is 2.32. The van der Waals surface area contributed by atoms with E-state index in [0.29, 0.717) is 18.2 Å².